The van der Waals surface area contributed by atoms with Crippen LogP contribution in [0.25, 0.3) is 0 Å². The molecule has 0 N–H and O–H groups in total. The highest BCUT2D eigenvalue weighted by atomic mass is 79.9. The van der Waals surface area contributed by atoms with Crippen molar-refractivity contribution in [2.24, 2.45) is 0 Å². The Labute approximate surface area is 101 Å². The Bertz CT molecular complexity index is 345. The summed E-state index contributed by atoms with van der Waals surface area (Å²) in [4.78, 5) is 2.06. The van der Waals surface area contributed by atoms with E-state index in [1.165, 1.54) is 6.07 Å². The molecule has 1 aliphatic rings. The van der Waals surface area contributed by atoms with Crippen LogP contribution in [0.1, 0.15) is 0 Å². The molecule has 0 aliphatic carbocycles. The second kappa shape index (κ2) is 4.68. The number of hydrogen-bond acceptors (Lipinski definition) is 2. The maximum Gasteiger partial charge on any atom is 0.140 e. The Hall–Kier alpha value is -0.320. The van der Waals surface area contributed by atoms with Crippen LogP contribution in [-0.4, -0.2) is 26.3 Å². The zero-order valence-corrected chi connectivity index (χ0v) is 10.3. The maximum absolute atomic E-state index is 13.4. The molecule has 0 spiro atoms. The molecule has 0 saturated carbocycles. The van der Waals surface area contributed by atoms with Gasteiger partial charge in [-0.2, -0.15) is 0 Å². The van der Waals surface area contributed by atoms with E-state index in [4.69, 9.17) is 16.3 Å². The minimum atomic E-state index is -0.330. The molecule has 2 rings (SSSR count). The zero-order valence-electron chi connectivity index (χ0n) is 7.97. The number of rotatable bonds is 1. The van der Waals surface area contributed by atoms with Crippen LogP contribution in [0.5, 0.6) is 0 Å². The Kier molecular flexibility index (Phi) is 3.49. The fourth-order valence-electron chi connectivity index (χ4n) is 1.55. The predicted molar refractivity (Wildman–Crippen MR) is 62.1 cm³/mol. The summed E-state index contributed by atoms with van der Waals surface area (Å²) in [6.07, 6.45) is 0. The quantitative estimate of drug-likeness (QED) is 0.738. The van der Waals surface area contributed by atoms with Gasteiger partial charge in [0.15, 0.2) is 0 Å². The van der Waals surface area contributed by atoms with Crippen molar-refractivity contribution >= 4 is 33.2 Å². The summed E-state index contributed by atoms with van der Waals surface area (Å²) in [6.45, 7) is 2.90. The number of morpholine rings is 1. The molecule has 0 atom stereocenters. The molecule has 0 amide bonds. The Morgan fingerprint density at radius 1 is 1.33 bits per heavy atom. The number of anilines is 1. The van der Waals surface area contributed by atoms with Crippen molar-refractivity contribution in [3.05, 3.63) is 27.4 Å². The minimum absolute atomic E-state index is 0.321. The average molecular weight is 295 g/mol. The lowest BCUT2D eigenvalue weighted by atomic mass is 10.2. The number of ether oxygens (including phenoxy) is 1. The summed E-state index contributed by atoms with van der Waals surface area (Å²) in [6, 6.07) is 3.25. The topological polar surface area (TPSA) is 12.5 Å². The van der Waals surface area contributed by atoms with Crippen molar-refractivity contribution in [1.82, 2.24) is 0 Å². The van der Waals surface area contributed by atoms with Crippen LogP contribution in [0.2, 0.25) is 5.02 Å². The molecule has 0 aromatic heterocycles. The summed E-state index contributed by atoms with van der Waals surface area (Å²) >= 11 is 8.98. The smallest absolute Gasteiger partial charge is 0.140 e. The largest absolute Gasteiger partial charge is 0.378 e. The first-order valence-corrected chi connectivity index (χ1v) is 5.83. The highest BCUT2D eigenvalue weighted by molar-refractivity contribution is 9.10. The molecular formula is C10H10BrClFNO. The van der Waals surface area contributed by atoms with Crippen LogP contribution >= 0.6 is 27.5 Å². The summed E-state index contributed by atoms with van der Waals surface area (Å²) in [5.41, 5.74) is 0.809. The number of halogens is 3. The molecule has 82 valence electrons. The van der Waals surface area contributed by atoms with Crippen molar-refractivity contribution in [3.63, 3.8) is 0 Å². The van der Waals surface area contributed by atoms with E-state index in [0.717, 1.165) is 18.8 Å². The third kappa shape index (κ3) is 2.44. The van der Waals surface area contributed by atoms with E-state index in [0.29, 0.717) is 22.7 Å². The summed E-state index contributed by atoms with van der Waals surface area (Å²) < 4.78 is 19.0. The van der Waals surface area contributed by atoms with E-state index in [-0.39, 0.29) is 5.82 Å². The van der Waals surface area contributed by atoms with Gasteiger partial charge < -0.3 is 9.64 Å². The van der Waals surface area contributed by atoms with Crippen molar-refractivity contribution in [2.45, 2.75) is 0 Å². The van der Waals surface area contributed by atoms with Crippen LogP contribution in [0.3, 0.4) is 0 Å². The number of nitrogens with zero attached hydrogens (tertiary/aromatic N) is 1. The van der Waals surface area contributed by atoms with Gasteiger partial charge >= 0.3 is 0 Å². The van der Waals surface area contributed by atoms with E-state index in [2.05, 4.69) is 20.8 Å². The average Bonchev–Trinajstić information content (AvgIpc) is 2.26. The predicted octanol–water partition coefficient (Wildman–Crippen LogP) is 3.08. The first-order valence-electron chi connectivity index (χ1n) is 4.66. The maximum atomic E-state index is 13.4. The van der Waals surface area contributed by atoms with Crippen molar-refractivity contribution in [3.8, 4) is 0 Å². The molecule has 2 nitrogen and oxygen atoms in total. The lowest BCUT2D eigenvalue weighted by molar-refractivity contribution is 0.122. The van der Waals surface area contributed by atoms with E-state index < -0.39 is 0 Å². The van der Waals surface area contributed by atoms with Gasteiger partial charge in [-0.1, -0.05) is 11.6 Å². The lowest BCUT2D eigenvalue weighted by Gasteiger charge is -2.29. The van der Waals surface area contributed by atoms with Gasteiger partial charge in [-0.05, 0) is 28.1 Å². The molecule has 0 bridgehead atoms. The fraction of sp³-hybridized carbons (Fsp3) is 0.400. The molecule has 1 aromatic carbocycles. The third-order valence-corrected chi connectivity index (χ3v) is 3.68. The van der Waals surface area contributed by atoms with Crippen LogP contribution in [0.4, 0.5) is 10.1 Å². The van der Waals surface area contributed by atoms with Gasteiger partial charge in [0.2, 0.25) is 0 Å². The molecule has 1 heterocycles. The highest BCUT2D eigenvalue weighted by Gasteiger charge is 2.14. The summed E-state index contributed by atoms with van der Waals surface area (Å²) in [5.74, 6) is -0.330. The van der Waals surface area contributed by atoms with Gasteiger partial charge in [0, 0.05) is 18.8 Å². The van der Waals surface area contributed by atoms with E-state index in [9.17, 15) is 4.39 Å². The first-order chi connectivity index (χ1) is 7.18. The molecule has 1 saturated heterocycles. The Morgan fingerprint density at radius 3 is 2.60 bits per heavy atom. The third-order valence-electron chi connectivity index (χ3n) is 2.34. The highest BCUT2D eigenvalue weighted by Crippen LogP contribution is 2.30. The SMILES string of the molecule is Fc1cc(N2CCOCC2)cc(Cl)c1Br. The Balaban J connectivity index is 2.27. The molecule has 0 unspecified atom stereocenters. The van der Waals surface area contributed by atoms with Crippen LogP contribution in [0.15, 0.2) is 16.6 Å². The van der Waals surface area contributed by atoms with Crippen molar-refractivity contribution in [1.29, 1.82) is 0 Å². The number of hydrogen-bond donors (Lipinski definition) is 0. The van der Waals surface area contributed by atoms with Gasteiger partial charge in [0.1, 0.15) is 5.82 Å². The zero-order chi connectivity index (χ0) is 10.8. The van der Waals surface area contributed by atoms with Crippen molar-refractivity contribution < 1.29 is 9.13 Å². The van der Waals surface area contributed by atoms with Gasteiger partial charge in [0.25, 0.3) is 0 Å². The van der Waals surface area contributed by atoms with Crippen LogP contribution in [-0.2, 0) is 4.74 Å². The first kappa shape index (κ1) is 11.2. The Morgan fingerprint density at radius 2 is 2.00 bits per heavy atom. The second-order valence-corrected chi connectivity index (χ2v) is 4.52. The van der Waals surface area contributed by atoms with Crippen LogP contribution < -0.4 is 4.90 Å². The molecule has 1 aliphatic heterocycles. The molecule has 0 radical (unpaired) electrons. The van der Waals surface area contributed by atoms with Crippen LogP contribution in [0, 0.1) is 5.82 Å². The molecule has 15 heavy (non-hydrogen) atoms. The van der Waals surface area contributed by atoms with E-state index >= 15 is 0 Å². The summed E-state index contributed by atoms with van der Waals surface area (Å²) in [7, 11) is 0. The van der Waals surface area contributed by atoms with Gasteiger partial charge in [-0.3, -0.25) is 0 Å². The molecule has 5 heteroatoms. The molecule has 1 fully saturated rings. The minimum Gasteiger partial charge on any atom is -0.378 e. The normalized spacial score (nSPS) is 16.9. The van der Waals surface area contributed by atoms with Gasteiger partial charge in [-0.25, -0.2) is 4.39 Å². The standard InChI is InChI=1S/C10H10BrClFNO/c11-10-8(12)5-7(6-9(10)13)14-1-3-15-4-2-14/h5-6H,1-4H2. The lowest BCUT2D eigenvalue weighted by Crippen LogP contribution is -2.36. The van der Waals surface area contributed by atoms with E-state index in [1.54, 1.807) is 6.07 Å². The van der Waals surface area contributed by atoms with Crippen molar-refractivity contribution in [2.75, 3.05) is 31.2 Å². The van der Waals surface area contributed by atoms with E-state index in [1.807, 2.05) is 0 Å². The van der Waals surface area contributed by atoms with Gasteiger partial charge in [-0.15, -0.1) is 0 Å². The van der Waals surface area contributed by atoms with Gasteiger partial charge in [0.05, 0.1) is 22.7 Å². The molecular weight excluding hydrogens is 284 g/mol. The number of benzene rings is 1. The fourth-order valence-corrected chi connectivity index (χ4v) is 1.98. The monoisotopic (exact) mass is 293 g/mol. The summed E-state index contributed by atoms with van der Waals surface area (Å²) in [5, 5.41) is 0.400. The molecule has 1 aromatic rings. The second-order valence-electron chi connectivity index (χ2n) is 3.32.